The Kier molecular flexibility index (Phi) is 5.15. The molecule has 0 radical (unpaired) electrons. The first-order valence-corrected chi connectivity index (χ1v) is 9.75. The summed E-state index contributed by atoms with van der Waals surface area (Å²) in [5.41, 5.74) is 0.159. The molecule has 0 atom stereocenters. The summed E-state index contributed by atoms with van der Waals surface area (Å²) in [6, 6.07) is 10.8. The van der Waals surface area contributed by atoms with Gasteiger partial charge in [-0.15, -0.1) is 0 Å². The molecule has 124 valence electrons. The molecule has 0 amide bonds. The van der Waals surface area contributed by atoms with Crippen molar-refractivity contribution >= 4 is 19.9 Å². The molecule has 0 aromatic heterocycles. The van der Waals surface area contributed by atoms with Crippen molar-refractivity contribution in [3.63, 3.8) is 0 Å². The van der Waals surface area contributed by atoms with Gasteiger partial charge in [-0.1, -0.05) is 35.2 Å². The fourth-order valence-corrected chi connectivity index (χ4v) is 4.26. The quantitative estimate of drug-likeness (QED) is 0.792. The average Bonchev–Trinajstić information content (AvgIpc) is 2.48. The highest BCUT2D eigenvalue weighted by atomic mass is 32.2. The van der Waals surface area contributed by atoms with Gasteiger partial charge >= 0.3 is 0 Å². The summed E-state index contributed by atoms with van der Waals surface area (Å²) in [6.07, 6.45) is 0.904. The number of hydrogen-bond acceptors (Lipinski definition) is 5. The maximum absolute atomic E-state index is 13.4. The van der Waals surface area contributed by atoms with Crippen molar-refractivity contribution in [2.45, 2.75) is 16.4 Å². The maximum Gasteiger partial charge on any atom is 0.263 e. The Morgan fingerprint density at radius 1 is 0.957 bits per heavy atom. The summed E-state index contributed by atoms with van der Waals surface area (Å²) in [7, 11) is -7.97. The van der Waals surface area contributed by atoms with E-state index in [-0.39, 0.29) is 17.1 Å². The molecule has 0 fully saturated rings. The predicted molar refractivity (Wildman–Crippen MR) is 81.1 cm³/mol. The number of nitrogens with one attached hydrogen (secondary N) is 1. The Morgan fingerprint density at radius 2 is 1.52 bits per heavy atom. The lowest BCUT2D eigenvalue weighted by Crippen LogP contribution is -2.25. The summed E-state index contributed by atoms with van der Waals surface area (Å²) < 4.78 is 61.1. The lowest BCUT2D eigenvalue weighted by molar-refractivity contribution is 0.0774. The fraction of sp³-hybridized carbons (Fsp3) is 0.143. The molecule has 0 aliphatic carbocycles. The molecule has 2 aromatic rings. The van der Waals surface area contributed by atoms with Crippen LogP contribution < -0.4 is 4.89 Å². The molecule has 23 heavy (non-hydrogen) atoms. The molecule has 0 bridgehead atoms. The molecule has 6 nitrogen and oxygen atoms in total. The van der Waals surface area contributed by atoms with Gasteiger partial charge in [0, 0.05) is 11.8 Å². The first-order chi connectivity index (χ1) is 10.7. The van der Waals surface area contributed by atoms with E-state index in [9.17, 15) is 21.2 Å². The topological polar surface area (TPSA) is 89.5 Å². The van der Waals surface area contributed by atoms with Crippen LogP contribution in [0.15, 0.2) is 58.3 Å². The minimum atomic E-state index is -4.23. The molecular formula is C14H14FNO5S2. The van der Waals surface area contributed by atoms with E-state index in [4.69, 9.17) is 4.84 Å². The molecule has 0 saturated carbocycles. The normalized spacial score (nSPS) is 12.3. The van der Waals surface area contributed by atoms with Crippen molar-refractivity contribution in [1.29, 1.82) is 0 Å². The van der Waals surface area contributed by atoms with E-state index in [2.05, 4.69) is 0 Å². The van der Waals surface area contributed by atoms with Gasteiger partial charge in [0.05, 0.1) is 11.5 Å². The largest absolute Gasteiger partial charge is 0.282 e. The second-order valence-electron chi connectivity index (χ2n) is 4.69. The number of hydrogen-bond donors (Lipinski definition) is 1. The second kappa shape index (κ2) is 6.75. The first-order valence-electron chi connectivity index (χ1n) is 6.38. The van der Waals surface area contributed by atoms with E-state index < -0.39 is 30.6 Å². The zero-order chi connectivity index (χ0) is 17.1. The highest BCUT2D eigenvalue weighted by Gasteiger charge is 2.23. The Labute approximate surface area is 133 Å². The van der Waals surface area contributed by atoms with Crippen molar-refractivity contribution in [3.8, 4) is 0 Å². The van der Waals surface area contributed by atoms with Crippen LogP contribution in [-0.2, 0) is 31.3 Å². The van der Waals surface area contributed by atoms with Gasteiger partial charge in [0.2, 0.25) is 0 Å². The Balaban J connectivity index is 2.19. The number of sulfonamides is 1. The zero-order valence-electron chi connectivity index (χ0n) is 12.1. The summed E-state index contributed by atoms with van der Waals surface area (Å²) in [5, 5.41) is 0. The van der Waals surface area contributed by atoms with Gasteiger partial charge in [-0.2, -0.15) is 0 Å². The minimum absolute atomic E-state index is 0.159. The van der Waals surface area contributed by atoms with Crippen LogP contribution in [0.5, 0.6) is 0 Å². The number of benzene rings is 2. The lowest BCUT2D eigenvalue weighted by Gasteiger charge is -2.10. The maximum atomic E-state index is 13.4. The van der Waals surface area contributed by atoms with Gasteiger partial charge in [-0.25, -0.2) is 21.2 Å². The van der Waals surface area contributed by atoms with Gasteiger partial charge in [0.15, 0.2) is 9.84 Å². The molecule has 2 aromatic carbocycles. The van der Waals surface area contributed by atoms with Crippen LogP contribution in [0.25, 0.3) is 0 Å². The lowest BCUT2D eigenvalue weighted by atomic mass is 10.2. The third-order valence-electron chi connectivity index (χ3n) is 2.89. The van der Waals surface area contributed by atoms with E-state index in [1.54, 1.807) is 11.0 Å². The van der Waals surface area contributed by atoms with Crippen LogP contribution in [0.4, 0.5) is 4.39 Å². The van der Waals surface area contributed by atoms with Gasteiger partial charge in [-0.3, -0.25) is 4.84 Å². The third kappa shape index (κ3) is 4.35. The van der Waals surface area contributed by atoms with Crippen LogP contribution in [0.1, 0.15) is 5.56 Å². The summed E-state index contributed by atoms with van der Waals surface area (Å²) in [6.45, 7) is -0.340. The number of rotatable bonds is 6. The number of sulfone groups is 1. The standard InChI is InChI=1S/C14H14FNO5S2/c1-22(17,18)13-8-4-5-9-14(13)23(19,20)16-21-10-11-6-2-3-7-12(11)15/h2-9,16H,10H2,1H3. The Morgan fingerprint density at radius 3 is 2.13 bits per heavy atom. The SMILES string of the molecule is CS(=O)(=O)c1ccccc1S(=O)(=O)NOCc1ccccc1F. The van der Waals surface area contributed by atoms with Crippen LogP contribution in [0.3, 0.4) is 0 Å². The molecular weight excluding hydrogens is 345 g/mol. The van der Waals surface area contributed by atoms with Gasteiger partial charge < -0.3 is 0 Å². The predicted octanol–water partition coefficient (Wildman–Crippen LogP) is 1.64. The van der Waals surface area contributed by atoms with Gasteiger partial charge in [0.1, 0.15) is 10.7 Å². The van der Waals surface area contributed by atoms with E-state index in [0.717, 1.165) is 12.3 Å². The van der Waals surface area contributed by atoms with E-state index in [0.29, 0.717) is 0 Å². The van der Waals surface area contributed by atoms with Crippen LogP contribution in [-0.4, -0.2) is 23.1 Å². The first kappa shape index (κ1) is 17.5. The molecule has 2 rings (SSSR count). The van der Waals surface area contributed by atoms with Crippen LogP contribution in [0.2, 0.25) is 0 Å². The molecule has 9 heteroatoms. The molecule has 0 aliphatic rings. The van der Waals surface area contributed by atoms with Crippen molar-refractivity contribution in [2.24, 2.45) is 0 Å². The van der Waals surface area contributed by atoms with E-state index >= 15 is 0 Å². The third-order valence-corrected chi connectivity index (χ3v) is 5.45. The molecule has 0 heterocycles. The molecule has 0 spiro atoms. The number of halogens is 1. The van der Waals surface area contributed by atoms with Crippen molar-refractivity contribution in [1.82, 2.24) is 4.89 Å². The zero-order valence-corrected chi connectivity index (χ0v) is 13.7. The Hall–Kier alpha value is -1.81. The highest BCUT2D eigenvalue weighted by Crippen LogP contribution is 2.20. The molecule has 1 N–H and O–H groups in total. The molecule has 0 saturated heterocycles. The molecule has 0 aliphatic heterocycles. The van der Waals surface area contributed by atoms with Gasteiger partial charge in [0.25, 0.3) is 10.0 Å². The summed E-state index contributed by atoms with van der Waals surface area (Å²) in [4.78, 5) is 5.84. The highest BCUT2D eigenvalue weighted by molar-refractivity contribution is 7.93. The van der Waals surface area contributed by atoms with Gasteiger partial charge in [-0.05, 0) is 18.2 Å². The van der Waals surface area contributed by atoms with Crippen molar-refractivity contribution < 1.29 is 26.1 Å². The Bertz CT molecular complexity index is 910. The average molecular weight is 359 g/mol. The van der Waals surface area contributed by atoms with E-state index in [1.807, 2.05) is 0 Å². The van der Waals surface area contributed by atoms with Crippen molar-refractivity contribution in [2.75, 3.05) is 6.26 Å². The van der Waals surface area contributed by atoms with Crippen LogP contribution >= 0.6 is 0 Å². The molecule has 0 unspecified atom stereocenters. The monoisotopic (exact) mass is 359 g/mol. The second-order valence-corrected chi connectivity index (χ2v) is 8.28. The van der Waals surface area contributed by atoms with E-state index in [1.165, 1.54) is 36.4 Å². The summed E-state index contributed by atoms with van der Waals surface area (Å²) >= 11 is 0. The smallest absolute Gasteiger partial charge is 0.263 e. The van der Waals surface area contributed by atoms with Crippen molar-refractivity contribution in [3.05, 3.63) is 59.9 Å². The fourth-order valence-electron chi connectivity index (χ4n) is 1.82. The summed E-state index contributed by atoms with van der Waals surface area (Å²) in [5.74, 6) is -0.539. The minimum Gasteiger partial charge on any atom is -0.282 e. The van der Waals surface area contributed by atoms with Crippen LogP contribution in [0, 0.1) is 5.82 Å².